The van der Waals surface area contributed by atoms with E-state index >= 15 is 0 Å². The number of ether oxygens (including phenoxy) is 5. The molecule has 2 atom stereocenters. The normalized spacial score (nSPS) is 16.9. The van der Waals surface area contributed by atoms with E-state index in [4.69, 9.17) is 23.7 Å². The molecule has 37 heavy (non-hydrogen) atoms. The summed E-state index contributed by atoms with van der Waals surface area (Å²) < 4.78 is 30.2. The third-order valence-electron chi connectivity index (χ3n) is 6.92. The molecule has 0 aliphatic carbocycles. The number of methoxy groups -OCH3 is 3. The predicted molar refractivity (Wildman–Crippen MR) is 142 cm³/mol. The first-order valence-electron chi connectivity index (χ1n) is 13.7. The summed E-state index contributed by atoms with van der Waals surface area (Å²) in [5.41, 5.74) is 0.971. The molecule has 3 rings (SSSR count). The van der Waals surface area contributed by atoms with Gasteiger partial charge in [-0.3, -0.25) is 4.79 Å². The largest absolute Gasteiger partial charge is 0.493 e. The van der Waals surface area contributed by atoms with Crippen molar-refractivity contribution in [1.82, 2.24) is 0 Å². The molecule has 1 aromatic carbocycles. The highest BCUT2D eigenvalue weighted by Gasteiger charge is 2.29. The van der Waals surface area contributed by atoms with Crippen molar-refractivity contribution in [1.29, 1.82) is 0 Å². The maximum Gasteiger partial charge on any atom is 0.305 e. The van der Waals surface area contributed by atoms with Crippen LogP contribution in [0.3, 0.4) is 0 Å². The lowest BCUT2D eigenvalue weighted by Crippen LogP contribution is -2.32. The van der Waals surface area contributed by atoms with Gasteiger partial charge in [0.25, 0.3) is 0 Å². The van der Waals surface area contributed by atoms with Gasteiger partial charge in [0.2, 0.25) is 5.75 Å². The van der Waals surface area contributed by atoms with Crippen molar-refractivity contribution in [2.75, 3.05) is 27.9 Å². The number of esters is 1. The summed E-state index contributed by atoms with van der Waals surface area (Å²) in [4.78, 5) is 12.2. The van der Waals surface area contributed by atoms with Gasteiger partial charge in [-0.05, 0) is 43.4 Å². The zero-order valence-electron chi connectivity index (χ0n) is 22.8. The Balaban J connectivity index is 1.23. The number of carbonyl (C=O) groups excluding carboxylic acids is 1. The first-order chi connectivity index (χ1) is 18.1. The summed E-state index contributed by atoms with van der Waals surface area (Å²) in [6, 6.07) is 10.0. The van der Waals surface area contributed by atoms with Crippen molar-refractivity contribution in [3.05, 3.63) is 48.3 Å². The van der Waals surface area contributed by atoms with Crippen molar-refractivity contribution in [2.45, 2.75) is 89.4 Å². The SMILES string of the molecule is COc1cc(C2CCC(COC(=O)CCCCCCCCCC[n+]3ccccc3)O2)cc(OC)c1OC. The number of rotatable bonds is 17. The molecule has 7 heteroatoms. The molecule has 0 amide bonds. The van der Waals surface area contributed by atoms with Crippen LogP contribution in [0.25, 0.3) is 0 Å². The Hall–Kier alpha value is -2.80. The smallest absolute Gasteiger partial charge is 0.305 e. The Morgan fingerprint density at radius 2 is 1.46 bits per heavy atom. The lowest BCUT2D eigenvalue weighted by molar-refractivity contribution is -0.697. The van der Waals surface area contributed by atoms with Crippen molar-refractivity contribution in [2.24, 2.45) is 0 Å². The number of hydrogen-bond acceptors (Lipinski definition) is 6. The Labute approximate surface area is 222 Å². The molecule has 2 aromatic rings. The standard InChI is InChI=1S/C30H44NO6/c1-33-27-21-24(22-28(34-2)30(27)35-3)26-17-16-25(37-26)23-36-29(32)15-11-8-6-4-5-7-9-12-18-31-19-13-10-14-20-31/h10,13-14,19-22,25-26H,4-9,11-12,15-18,23H2,1-3H3/q+1. The van der Waals surface area contributed by atoms with E-state index in [1.165, 1.54) is 38.5 Å². The van der Waals surface area contributed by atoms with E-state index in [1.807, 2.05) is 12.1 Å². The third kappa shape index (κ3) is 9.54. The van der Waals surface area contributed by atoms with E-state index in [0.717, 1.165) is 37.8 Å². The van der Waals surface area contributed by atoms with Gasteiger partial charge in [0.15, 0.2) is 23.9 Å². The van der Waals surface area contributed by atoms with Gasteiger partial charge in [0.1, 0.15) is 13.2 Å². The molecule has 0 spiro atoms. The highest BCUT2D eigenvalue weighted by atomic mass is 16.6. The molecule has 1 aliphatic rings. The second kappa shape index (κ2) is 16.1. The molecule has 7 nitrogen and oxygen atoms in total. The van der Waals surface area contributed by atoms with E-state index in [1.54, 1.807) is 21.3 Å². The lowest BCUT2D eigenvalue weighted by atomic mass is 10.0. The molecule has 1 aromatic heterocycles. The number of aromatic nitrogens is 1. The van der Waals surface area contributed by atoms with E-state index in [2.05, 4.69) is 35.2 Å². The zero-order chi connectivity index (χ0) is 26.3. The average molecular weight is 515 g/mol. The summed E-state index contributed by atoms with van der Waals surface area (Å²) in [6.45, 7) is 1.40. The number of aryl methyl sites for hydroxylation is 1. The Morgan fingerprint density at radius 1 is 0.838 bits per heavy atom. The van der Waals surface area contributed by atoms with Gasteiger partial charge >= 0.3 is 5.97 Å². The van der Waals surface area contributed by atoms with Crippen LogP contribution in [0.2, 0.25) is 0 Å². The molecule has 1 saturated heterocycles. The van der Waals surface area contributed by atoms with Crippen LogP contribution >= 0.6 is 0 Å². The monoisotopic (exact) mass is 514 g/mol. The Kier molecular flexibility index (Phi) is 12.5. The van der Waals surface area contributed by atoms with Crippen LogP contribution in [0.4, 0.5) is 0 Å². The second-order valence-electron chi connectivity index (χ2n) is 9.66. The van der Waals surface area contributed by atoms with Crippen LogP contribution in [0.15, 0.2) is 42.7 Å². The fraction of sp³-hybridized carbons (Fsp3) is 0.600. The van der Waals surface area contributed by atoms with Crippen LogP contribution in [-0.2, 0) is 20.8 Å². The molecule has 1 fully saturated rings. The summed E-state index contributed by atoms with van der Waals surface area (Å²) in [7, 11) is 4.80. The van der Waals surface area contributed by atoms with Crippen LogP contribution in [0, 0.1) is 0 Å². The molecule has 1 aliphatic heterocycles. The number of hydrogen-bond donors (Lipinski definition) is 0. The minimum atomic E-state index is -0.127. The minimum Gasteiger partial charge on any atom is -0.493 e. The van der Waals surface area contributed by atoms with Crippen LogP contribution in [0.5, 0.6) is 17.2 Å². The van der Waals surface area contributed by atoms with Gasteiger partial charge in [0, 0.05) is 25.0 Å². The highest BCUT2D eigenvalue weighted by molar-refractivity contribution is 5.69. The average Bonchev–Trinajstić information content (AvgIpc) is 3.41. The topological polar surface area (TPSA) is 67.1 Å². The fourth-order valence-corrected chi connectivity index (χ4v) is 4.83. The van der Waals surface area contributed by atoms with E-state index in [0.29, 0.717) is 30.3 Å². The molecule has 204 valence electrons. The molecule has 2 heterocycles. The van der Waals surface area contributed by atoms with Gasteiger partial charge in [-0.2, -0.15) is 0 Å². The quantitative estimate of drug-likeness (QED) is 0.147. The van der Waals surface area contributed by atoms with E-state index in [-0.39, 0.29) is 18.2 Å². The molecule has 0 N–H and O–H groups in total. The van der Waals surface area contributed by atoms with Gasteiger partial charge in [-0.15, -0.1) is 0 Å². The summed E-state index contributed by atoms with van der Waals surface area (Å²) in [5, 5.41) is 0. The van der Waals surface area contributed by atoms with Gasteiger partial charge in [0.05, 0.1) is 33.5 Å². The van der Waals surface area contributed by atoms with Crippen molar-refractivity contribution in [3.8, 4) is 17.2 Å². The molecule has 0 radical (unpaired) electrons. The number of benzene rings is 1. The number of pyridine rings is 1. The first-order valence-corrected chi connectivity index (χ1v) is 13.7. The van der Waals surface area contributed by atoms with Crippen LogP contribution in [-0.4, -0.2) is 40.0 Å². The number of unbranched alkanes of at least 4 members (excludes halogenated alkanes) is 7. The lowest BCUT2D eigenvalue weighted by Gasteiger charge is -2.18. The van der Waals surface area contributed by atoms with Crippen LogP contribution in [0.1, 0.15) is 82.3 Å². The molecule has 2 unspecified atom stereocenters. The van der Waals surface area contributed by atoms with Gasteiger partial charge in [-0.25, -0.2) is 4.57 Å². The first kappa shape index (κ1) is 28.8. The third-order valence-corrected chi connectivity index (χ3v) is 6.92. The number of nitrogens with zero attached hydrogens (tertiary/aromatic N) is 1. The van der Waals surface area contributed by atoms with Crippen LogP contribution < -0.4 is 18.8 Å². The fourth-order valence-electron chi connectivity index (χ4n) is 4.83. The Bertz CT molecular complexity index is 910. The summed E-state index contributed by atoms with van der Waals surface area (Å²) in [6.07, 6.45) is 15.7. The van der Waals surface area contributed by atoms with Gasteiger partial charge in [-0.1, -0.05) is 38.2 Å². The van der Waals surface area contributed by atoms with Crippen molar-refractivity contribution < 1.29 is 33.0 Å². The second-order valence-corrected chi connectivity index (χ2v) is 9.66. The maximum atomic E-state index is 12.2. The van der Waals surface area contributed by atoms with Gasteiger partial charge < -0.3 is 23.7 Å². The van der Waals surface area contributed by atoms with Crippen molar-refractivity contribution in [3.63, 3.8) is 0 Å². The molecular weight excluding hydrogens is 470 g/mol. The Morgan fingerprint density at radius 3 is 2.08 bits per heavy atom. The summed E-state index contributed by atoms with van der Waals surface area (Å²) in [5.74, 6) is 1.66. The molecular formula is C30H44NO6+. The molecule has 0 bridgehead atoms. The molecule has 0 saturated carbocycles. The predicted octanol–water partition coefficient (Wildman–Crippen LogP) is 5.97. The maximum absolute atomic E-state index is 12.2. The number of carbonyl (C=O) groups is 1. The highest BCUT2D eigenvalue weighted by Crippen LogP contribution is 2.43. The zero-order valence-corrected chi connectivity index (χ0v) is 22.8. The minimum absolute atomic E-state index is 0.0884. The van der Waals surface area contributed by atoms with E-state index < -0.39 is 0 Å². The van der Waals surface area contributed by atoms with E-state index in [9.17, 15) is 4.79 Å². The van der Waals surface area contributed by atoms with Crippen molar-refractivity contribution >= 4 is 5.97 Å². The summed E-state index contributed by atoms with van der Waals surface area (Å²) >= 11 is 0.